The van der Waals surface area contributed by atoms with E-state index >= 15 is 0 Å². The third-order valence-corrected chi connectivity index (χ3v) is 2.59. The molecule has 2 unspecified atom stereocenters. The van der Waals surface area contributed by atoms with Crippen LogP contribution in [0.25, 0.3) is 0 Å². The van der Waals surface area contributed by atoms with Gasteiger partial charge in [0.15, 0.2) is 0 Å². The van der Waals surface area contributed by atoms with E-state index in [0.29, 0.717) is 19.8 Å². The SMILES string of the molecule is C=C(C)CNC(=O)C1(C)COCC1N. The summed E-state index contributed by atoms with van der Waals surface area (Å²) in [5, 5.41) is 2.80. The Morgan fingerprint density at radius 2 is 2.43 bits per heavy atom. The van der Waals surface area contributed by atoms with Gasteiger partial charge in [0.25, 0.3) is 0 Å². The average molecular weight is 198 g/mol. The molecule has 1 fully saturated rings. The van der Waals surface area contributed by atoms with Crippen molar-refractivity contribution in [2.45, 2.75) is 19.9 Å². The second-order valence-electron chi connectivity index (χ2n) is 4.18. The van der Waals surface area contributed by atoms with Crippen LogP contribution in [-0.2, 0) is 9.53 Å². The Bertz CT molecular complexity index is 253. The second-order valence-corrected chi connectivity index (χ2v) is 4.18. The van der Waals surface area contributed by atoms with E-state index in [9.17, 15) is 4.79 Å². The van der Waals surface area contributed by atoms with Gasteiger partial charge >= 0.3 is 0 Å². The highest BCUT2D eigenvalue weighted by atomic mass is 16.5. The van der Waals surface area contributed by atoms with Gasteiger partial charge in [0, 0.05) is 12.6 Å². The Balaban J connectivity index is 2.54. The Labute approximate surface area is 84.5 Å². The molecule has 4 nitrogen and oxygen atoms in total. The minimum absolute atomic E-state index is 0.0505. The molecule has 2 atom stereocenters. The zero-order chi connectivity index (χ0) is 10.8. The van der Waals surface area contributed by atoms with Crippen LogP contribution in [-0.4, -0.2) is 31.7 Å². The van der Waals surface area contributed by atoms with Gasteiger partial charge in [0.2, 0.25) is 5.91 Å². The third kappa shape index (κ3) is 2.13. The number of carbonyl (C=O) groups excluding carboxylic acids is 1. The first kappa shape index (κ1) is 11.2. The molecule has 0 aromatic carbocycles. The fourth-order valence-electron chi connectivity index (χ4n) is 1.36. The molecule has 14 heavy (non-hydrogen) atoms. The summed E-state index contributed by atoms with van der Waals surface area (Å²) in [6.45, 7) is 8.77. The van der Waals surface area contributed by atoms with E-state index < -0.39 is 5.41 Å². The van der Waals surface area contributed by atoms with Gasteiger partial charge in [-0.1, -0.05) is 12.2 Å². The fraction of sp³-hybridized carbons (Fsp3) is 0.700. The molecule has 3 N–H and O–H groups in total. The highest BCUT2D eigenvalue weighted by Crippen LogP contribution is 2.26. The van der Waals surface area contributed by atoms with E-state index in [1.54, 1.807) is 0 Å². The van der Waals surface area contributed by atoms with Gasteiger partial charge in [-0.25, -0.2) is 0 Å². The molecule has 0 spiro atoms. The number of rotatable bonds is 3. The molecule has 0 bridgehead atoms. The molecule has 1 aliphatic rings. The van der Waals surface area contributed by atoms with E-state index in [2.05, 4.69) is 11.9 Å². The molecule has 1 rings (SSSR count). The first-order valence-corrected chi connectivity index (χ1v) is 4.73. The number of nitrogens with two attached hydrogens (primary N) is 1. The monoisotopic (exact) mass is 198 g/mol. The van der Waals surface area contributed by atoms with Crippen molar-refractivity contribution in [2.24, 2.45) is 11.1 Å². The number of hydrogen-bond donors (Lipinski definition) is 2. The maximum Gasteiger partial charge on any atom is 0.230 e. The maximum atomic E-state index is 11.8. The molecule has 4 heteroatoms. The van der Waals surface area contributed by atoms with Crippen LogP contribution < -0.4 is 11.1 Å². The molecule has 80 valence electrons. The number of amides is 1. The summed E-state index contributed by atoms with van der Waals surface area (Å²) in [5.74, 6) is -0.0505. The summed E-state index contributed by atoms with van der Waals surface area (Å²) in [6, 6.07) is -0.215. The van der Waals surface area contributed by atoms with Crippen molar-refractivity contribution < 1.29 is 9.53 Å². The molecule has 0 aromatic rings. The van der Waals surface area contributed by atoms with Gasteiger partial charge in [-0.15, -0.1) is 0 Å². The zero-order valence-electron chi connectivity index (χ0n) is 8.80. The molecule has 0 saturated carbocycles. The van der Waals surface area contributed by atoms with Crippen LogP contribution in [0.2, 0.25) is 0 Å². The van der Waals surface area contributed by atoms with Gasteiger partial charge < -0.3 is 15.8 Å². The zero-order valence-corrected chi connectivity index (χ0v) is 8.80. The van der Waals surface area contributed by atoms with Crippen LogP contribution in [0.1, 0.15) is 13.8 Å². The van der Waals surface area contributed by atoms with E-state index in [1.807, 2.05) is 13.8 Å². The van der Waals surface area contributed by atoms with Crippen molar-refractivity contribution in [2.75, 3.05) is 19.8 Å². The Morgan fingerprint density at radius 3 is 2.86 bits per heavy atom. The van der Waals surface area contributed by atoms with Gasteiger partial charge in [-0.3, -0.25) is 4.79 Å². The maximum absolute atomic E-state index is 11.8. The van der Waals surface area contributed by atoms with E-state index in [0.717, 1.165) is 5.57 Å². The molecule has 1 heterocycles. The number of carbonyl (C=O) groups is 1. The van der Waals surface area contributed by atoms with E-state index in [-0.39, 0.29) is 11.9 Å². The van der Waals surface area contributed by atoms with Crippen molar-refractivity contribution in [3.8, 4) is 0 Å². The predicted molar refractivity (Wildman–Crippen MR) is 54.7 cm³/mol. The number of nitrogens with one attached hydrogen (secondary N) is 1. The molecule has 0 aromatic heterocycles. The lowest BCUT2D eigenvalue weighted by Gasteiger charge is -2.25. The number of ether oxygens (including phenoxy) is 1. The lowest BCUT2D eigenvalue weighted by atomic mass is 9.85. The third-order valence-electron chi connectivity index (χ3n) is 2.59. The molecule has 1 aliphatic heterocycles. The molecule has 1 amide bonds. The van der Waals surface area contributed by atoms with Gasteiger partial charge in [-0.05, 0) is 13.8 Å². The van der Waals surface area contributed by atoms with Crippen molar-refractivity contribution in [1.82, 2.24) is 5.32 Å². The summed E-state index contributed by atoms with van der Waals surface area (Å²) in [7, 11) is 0. The van der Waals surface area contributed by atoms with E-state index in [1.165, 1.54) is 0 Å². The Kier molecular flexibility index (Phi) is 3.29. The fourth-order valence-corrected chi connectivity index (χ4v) is 1.36. The van der Waals surface area contributed by atoms with Crippen molar-refractivity contribution >= 4 is 5.91 Å². The highest BCUT2D eigenvalue weighted by Gasteiger charge is 2.44. The summed E-state index contributed by atoms with van der Waals surface area (Å²) in [5.41, 5.74) is 6.15. The smallest absolute Gasteiger partial charge is 0.230 e. The van der Waals surface area contributed by atoms with Crippen LogP contribution in [0.15, 0.2) is 12.2 Å². The Hall–Kier alpha value is -0.870. The molecule has 0 radical (unpaired) electrons. The Morgan fingerprint density at radius 1 is 1.79 bits per heavy atom. The van der Waals surface area contributed by atoms with Crippen LogP contribution >= 0.6 is 0 Å². The quantitative estimate of drug-likeness (QED) is 0.629. The van der Waals surface area contributed by atoms with E-state index in [4.69, 9.17) is 10.5 Å². The molecular formula is C10H18N2O2. The first-order chi connectivity index (χ1) is 6.47. The highest BCUT2D eigenvalue weighted by molar-refractivity contribution is 5.83. The van der Waals surface area contributed by atoms with Gasteiger partial charge in [0.1, 0.15) is 0 Å². The van der Waals surface area contributed by atoms with Crippen molar-refractivity contribution in [3.05, 3.63) is 12.2 Å². The molecule has 1 saturated heterocycles. The average Bonchev–Trinajstić information content (AvgIpc) is 2.44. The van der Waals surface area contributed by atoms with Gasteiger partial charge in [-0.2, -0.15) is 0 Å². The second kappa shape index (κ2) is 4.11. The number of hydrogen-bond acceptors (Lipinski definition) is 3. The minimum Gasteiger partial charge on any atom is -0.379 e. The van der Waals surface area contributed by atoms with Crippen molar-refractivity contribution in [1.29, 1.82) is 0 Å². The topological polar surface area (TPSA) is 64.3 Å². The summed E-state index contributed by atoms with van der Waals surface area (Å²) < 4.78 is 5.19. The molecular weight excluding hydrogens is 180 g/mol. The van der Waals surface area contributed by atoms with Crippen LogP contribution in [0.5, 0.6) is 0 Å². The first-order valence-electron chi connectivity index (χ1n) is 4.73. The summed E-state index contributed by atoms with van der Waals surface area (Å²) in [6.07, 6.45) is 0. The largest absolute Gasteiger partial charge is 0.379 e. The van der Waals surface area contributed by atoms with Crippen molar-refractivity contribution in [3.63, 3.8) is 0 Å². The van der Waals surface area contributed by atoms with Crippen LogP contribution in [0, 0.1) is 5.41 Å². The predicted octanol–water partition coefficient (Wildman–Crippen LogP) is 0.0425. The molecule has 0 aliphatic carbocycles. The van der Waals surface area contributed by atoms with Gasteiger partial charge in [0.05, 0.1) is 18.6 Å². The summed E-state index contributed by atoms with van der Waals surface area (Å²) >= 11 is 0. The minimum atomic E-state index is -0.588. The van der Waals surface area contributed by atoms with Crippen LogP contribution in [0.4, 0.5) is 0 Å². The summed E-state index contributed by atoms with van der Waals surface area (Å²) in [4.78, 5) is 11.8. The lowest BCUT2D eigenvalue weighted by molar-refractivity contribution is -0.130. The standard InChI is InChI=1S/C10H18N2O2/c1-7(2)4-12-9(13)10(3)6-14-5-8(10)11/h8H,1,4-6,11H2,2-3H3,(H,12,13). The normalized spacial score (nSPS) is 31.5. The lowest BCUT2D eigenvalue weighted by Crippen LogP contribution is -2.50. The van der Waals surface area contributed by atoms with Crippen LogP contribution in [0.3, 0.4) is 0 Å².